The smallest absolute Gasteiger partial charge is 0.296 e. The van der Waals surface area contributed by atoms with Gasteiger partial charge in [-0.1, -0.05) is 12.1 Å². The molecule has 2 aliphatic heterocycles. The highest BCUT2D eigenvalue weighted by atomic mass is 19.3. The molecule has 0 amide bonds. The normalized spacial score (nSPS) is 24.1. The number of fused-ring (bicyclic) bond motifs is 1. The molecule has 0 unspecified atom stereocenters. The number of benzene rings is 1. The van der Waals surface area contributed by atoms with Crippen LogP contribution in [0.4, 0.5) is 29.3 Å². The first-order chi connectivity index (χ1) is 18.9. The molecule has 39 heavy (non-hydrogen) atoms. The lowest BCUT2D eigenvalue weighted by Gasteiger charge is -2.34. The Balaban J connectivity index is 1.22. The van der Waals surface area contributed by atoms with Gasteiger partial charge in [0.25, 0.3) is 12.3 Å². The third-order valence-electron chi connectivity index (χ3n) is 8.13. The fraction of sp³-hybridized carbons (Fsp3) is 0.593. The summed E-state index contributed by atoms with van der Waals surface area (Å²) in [6.07, 6.45) is 0.811. The van der Waals surface area contributed by atoms with Gasteiger partial charge in [-0.15, -0.1) is 0 Å². The van der Waals surface area contributed by atoms with Crippen LogP contribution in [0.5, 0.6) is 0 Å². The average Bonchev–Trinajstić information content (AvgIpc) is 3.53. The second-order valence-corrected chi connectivity index (χ2v) is 10.7. The Morgan fingerprint density at radius 3 is 2.44 bits per heavy atom. The molecule has 0 bridgehead atoms. The van der Waals surface area contributed by atoms with E-state index in [1.165, 1.54) is 4.57 Å². The standard InChI is InChI=1S/C27H33F4N7O/c28-24(29)25-33-20-3-1-2-4-21(20)38(25)23-15-22(36-11-13-39-14-12-36)34-26(35-23)32-16-18-5-7-19(8-6-18)37-10-9-27(30,31)17-37/h1-4,15,18-19,24H,5-14,16-17H2,(H,32,34,35). The number of para-hydroxylation sites is 2. The lowest BCUT2D eigenvalue weighted by atomic mass is 9.85. The molecular formula is C27H33F4N7O. The molecule has 8 nitrogen and oxygen atoms in total. The summed E-state index contributed by atoms with van der Waals surface area (Å²) in [6, 6.07) is 8.97. The predicted molar refractivity (Wildman–Crippen MR) is 140 cm³/mol. The Labute approximate surface area is 224 Å². The van der Waals surface area contributed by atoms with Crippen LogP contribution in [-0.4, -0.2) is 82.3 Å². The number of ether oxygens (including phenoxy) is 1. The van der Waals surface area contributed by atoms with Crippen molar-refractivity contribution in [3.05, 3.63) is 36.2 Å². The number of hydrogen-bond donors (Lipinski definition) is 1. The Kier molecular flexibility index (Phi) is 7.32. The SMILES string of the molecule is FC(F)c1nc2ccccc2n1-c1cc(N2CCOCC2)nc(NCC2CCC(N3CCC(F)(F)C3)CC2)n1. The topological polar surface area (TPSA) is 71.3 Å². The lowest BCUT2D eigenvalue weighted by Crippen LogP contribution is -2.39. The van der Waals surface area contributed by atoms with Crippen LogP contribution in [0.15, 0.2) is 30.3 Å². The van der Waals surface area contributed by atoms with Gasteiger partial charge in [-0.05, 0) is 43.7 Å². The first-order valence-corrected chi connectivity index (χ1v) is 13.7. The summed E-state index contributed by atoms with van der Waals surface area (Å²) in [5, 5.41) is 3.36. The monoisotopic (exact) mass is 547 g/mol. The van der Waals surface area contributed by atoms with Crippen molar-refractivity contribution in [2.45, 2.75) is 50.5 Å². The van der Waals surface area contributed by atoms with E-state index in [0.29, 0.717) is 73.9 Å². The van der Waals surface area contributed by atoms with E-state index in [-0.39, 0.29) is 24.8 Å². The molecule has 6 rings (SSSR count). The third kappa shape index (κ3) is 5.67. The van der Waals surface area contributed by atoms with Gasteiger partial charge >= 0.3 is 0 Å². The minimum atomic E-state index is -2.78. The van der Waals surface area contributed by atoms with Crippen LogP contribution < -0.4 is 10.2 Å². The van der Waals surface area contributed by atoms with Gasteiger partial charge < -0.3 is 15.0 Å². The van der Waals surface area contributed by atoms with Gasteiger partial charge in [-0.25, -0.2) is 22.5 Å². The zero-order valence-electron chi connectivity index (χ0n) is 21.7. The molecule has 4 heterocycles. The molecule has 3 fully saturated rings. The van der Waals surface area contributed by atoms with Crippen molar-refractivity contribution in [1.29, 1.82) is 0 Å². The van der Waals surface area contributed by atoms with E-state index in [1.807, 2.05) is 4.90 Å². The number of aromatic nitrogens is 4. The van der Waals surface area contributed by atoms with E-state index in [2.05, 4.69) is 20.2 Å². The molecule has 1 aliphatic carbocycles. The van der Waals surface area contributed by atoms with E-state index in [4.69, 9.17) is 9.72 Å². The molecule has 3 aliphatic rings. The molecule has 0 spiro atoms. The number of hydrogen-bond acceptors (Lipinski definition) is 7. The summed E-state index contributed by atoms with van der Waals surface area (Å²) in [5.74, 6) is -1.23. The predicted octanol–water partition coefficient (Wildman–Crippen LogP) is 4.90. The van der Waals surface area contributed by atoms with Crippen molar-refractivity contribution in [3.8, 4) is 5.82 Å². The summed E-state index contributed by atoms with van der Waals surface area (Å²) < 4.78 is 62.4. The van der Waals surface area contributed by atoms with E-state index in [1.54, 1.807) is 30.3 Å². The van der Waals surface area contributed by atoms with Crippen molar-refractivity contribution >= 4 is 22.8 Å². The summed E-state index contributed by atoms with van der Waals surface area (Å²) in [7, 11) is 0. The average molecular weight is 548 g/mol. The Bertz CT molecular complexity index is 1290. The Morgan fingerprint density at radius 1 is 0.974 bits per heavy atom. The first kappa shape index (κ1) is 26.2. The van der Waals surface area contributed by atoms with Crippen molar-refractivity contribution in [3.63, 3.8) is 0 Å². The molecule has 0 radical (unpaired) electrons. The highest BCUT2D eigenvalue weighted by molar-refractivity contribution is 5.78. The molecule has 3 aromatic rings. The molecule has 1 aromatic carbocycles. The number of likely N-dealkylation sites (tertiary alicyclic amines) is 1. The molecule has 0 atom stereocenters. The van der Waals surface area contributed by atoms with Crippen molar-refractivity contribution in [2.75, 3.05) is 56.2 Å². The van der Waals surface area contributed by atoms with Crippen molar-refractivity contribution in [2.24, 2.45) is 5.92 Å². The number of rotatable bonds is 7. The fourth-order valence-electron chi connectivity index (χ4n) is 6.03. The van der Waals surface area contributed by atoms with Gasteiger partial charge in [-0.3, -0.25) is 9.47 Å². The number of alkyl halides is 4. The van der Waals surface area contributed by atoms with Crippen LogP contribution in [0.1, 0.15) is 44.4 Å². The largest absolute Gasteiger partial charge is 0.378 e. The number of imidazole rings is 1. The number of morpholine rings is 1. The minimum Gasteiger partial charge on any atom is -0.378 e. The van der Waals surface area contributed by atoms with Gasteiger partial charge in [0.2, 0.25) is 5.95 Å². The lowest BCUT2D eigenvalue weighted by molar-refractivity contribution is 0.00463. The van der Waals surface area contributed by atoms with Crippen LogP contribution >= 0.6 is 0 Å². The quantitative estimate of drug-likeness (QED) is 0.422. The van der Waals surface area contributed by atoms with E-state index < -0.39 is 12.3 Å². The fourth-order valence-corrected chi connectivity index (χ4v) is 6.03. The van der Waals surface area contributed by atoms with E-state index >= 15 is 0 Å². The maximum Gasteiger partial charge on any atom is 0.296 e. The number of anilines is 2. The molecular weight excluding hydrogens is 514 g/mol. The summed E-state index contributed by atoms with van der Waals surface area (Å²) in [4.78, 5) is 17.6. The van der Waals surface area contributed by atoms with Gasteiger partial charge in [0.1, 0.15) is 11.6 Å². The third-order valence-corrected chi connectivity index (χ3v) is 8.13. The highest BCUT2D eigenvalue weighted by Gasteiger charge is 2.41. The Morgan fingerprint density at radius 2 is 1.72 bits per heavy atom. The minimum absolute atomic E-state index is 0.0485. The zero-order valence-corrected chi connectivity index (χ0v) is 21.7. The first-order valence-electron chi connectivity index (χ1n) is 13.7. The van der Waals surface area contributed by atoms with Gasteiger partial charge in [0, 0.05) is 44.7 Å². The van der Waals surface area contributed by atoms with Crippen molar-refractivity contribution < 1.29 is 22.3 Å². The maximum atomic E-state index is 14.1. The van der Waals surface area contributed by atoms with Gasteiger partial charge in [0.15, 0.2) is 5.82 Å². The molecule has 2 saturated heterocycles. The van der Waals surface area contributed by atoms with E-state index in [9.17, 15) is 17.6 Å². The molecule has 2 aromatic heterocycles. The van der Waals surface area contributed by atoms with Crippen LogP contribution in [0.3, 0.4) is 0 Å². The molecule has 1 saturated carbocycles. The second kappa shape index (κ2) is 10.9. The van der Waals surface area contributed by atoms with Crippen LogP contribution in [0.25, 0.3) is 16.9 Å². The van der Waals surface area contributed by atoms with Crippen molar-refractivity contribution in [1.82, 2.24) is 24.4 Å². The zero-order chi connectivity index (χ0) is 27.0. The van der Waals surface area contributed by atoms with Gasteiger partial charge in [0.05, 0.1) is 30.8 Å². The number of nitrogens with one attached hydrogen (secondary N) is 1. The molecule has 12 heteroatoms. The maximum absolute atomic E-state index is 14.1. The summed E-state index contributed by atoms with van der Waals surface area (Å²) in [5.41, 5.74) is 1.03. The van der Waals surface area contributed by atoms with E-state index in [0.717, 1.165) is 25.7 Å². The number of nitrogens with zero attached hydrogens (tertiary/aromatic N) is 6. The van der Waals surface area contributed by atoms with Crippen LogP contribution in [0, 0.1) is 5.92 Å². The van der Waals surface area contributed by atoms with Crippen LogP contribution in [-0.2, 0) is 4.74 Å². The van der Waals surface area contributed by atoms with Gasteiger partial charge in [-0.2, -0.15) is 9.97 Å². The summed E-state index contributed by atoms with van der Waals surface area (Å²) in [6.45, 7) is 3.37. The Hall–Kier alpha value is -2.99. The molecule has 1 N–H and O–H groups in total. The highest BCUT2D eigenvalue weighted by Crippen LogP contribution is 2.35. The van der Waals surface area contributed by atoms with Crippen LogP contribution in [0.2, 0.25) is 0 Å². The number of halogens is 4. The summed E-state index contributed by atoms with van der Waals surface area (Å²) >= 11 is 0. The second-order valence-electron chi connectivity index (χ2n) is 10.7. The molecule has 210 valence electrons.